The second-order valence-corrected chi connectivity index (χ2v) is 6.16. The molecule has 0 saturated carbocycles. The van der Waals surface area contributed by atoms with Crippen molar-refractivity contribution >= 4 is 23.1 Å². The summed E-state index contributed by atoms with van der Waals surface area (Å²) in [6, 6.07) is 23.2. The minimum atomic E-state index is -0.642. The van der Waals surface area contributed by atoms with Crippen molar-refractivity contribution in [1.29, 1.82) is 0 Å². The molecule has 0 aromatic heterocycles. The molecule has 0 atom stereocenters. The summed E-state index contributed by atoms with van der Waals surface area (Å²) in [7, 11) is 1.56. The van der Waals surface area contributed by atoms with Crippen LogP contribution in [-0.2, 0) is 4.79 Å². The van der Waals surface area contributed by atoms with Crippen molar-refractivity contribution in [3.8, 4) is 5.75 Å². The van der Waals surface area contributed by atoms with Gasteiger partial charge in [0.25, 0.3) is 11.8 Å². The van der Waals surface area contributed by atoms with Crippen molar-refractivity contribution in [3.63, 3.8) is 0 Å². The van der Waals surface area contributed by atoms with Crippen LogP contribution in [0.1, 0.15) is 21.5 Å². The largest absolute Gasteiger partial charge is 0.497 e. The smallest absolute Gasteiger partial charge is 0.267 e. The molecule has 6 heteroatoms. The van der Waals surface area contributed by atoms with Crippen LogP contribution in [-0.4, -0.2) is 24.1 Å². The standard InChI is InChI=1S/C23H20N2O4/c1-29-20-12-10-17(11-13-20)23(27)24-19-9-5-8-18(14-19)21(15-22(26)25-28)16-6-3-2-4-7-16/h2-15,28H,1H3,(H,24,27)(H,25,26)/b21-15-. The number of carbonyl (C=O) groups excluding carboxylic acids is 2. The Kier molecular flexibility index (Phi) is 6.40. The van der Waals surface area contributed by atoms with Gasteiger partial charge >= 0.3 is 0 Å². The van der Waals surface area contributed by atoms with Crippen LogP contribution in [0.5, 0.6) is 5.75 Å². The van der Waals surface area contributed by atoms with Crippen molar-refractivity contribution in [2.45, 2.75) is 0 Å². The van der Waals surface area contributed by atoms with Gasteiger partial charge in [0.2, 0.25) is 0 Å². The van der Waals surface area contributed by atoms with E-state index in [2.05, 4.69) is 5.32 Å². The maximum atomic E-state index is 12.5. The summed E-state index contributed by atoms with van der Waals surface area (Å²) in [6.45, 7) is 0. The number of amides is 2. The van der Waals surface area contributed by atoms with Gasteiger partial charge in [-0.05, 0) is 53.1 Å². The lowest BCUT2D eigenvalue weighted by Gasteiger charge is -2.11. The van der Waals surface area contributed by atoms with Crippen molar-refractivity contribution in [2.24, 2.45) is 0 Å². The summed E-state index contributed by atoms with van der Waals surface area (Å²) in [5, 5.41) is 11.8. The van der Waals surface area contributed by atoms with E-state index < -0.39 is 5.91 Å². The van der Waals surface area contributed by atoms with Crippen molar-refractivity contribution < 1.29 is 19.5 Å². The normalized spacial score (nSPS) is 10.9. The molecule has 6 nitrogen and oxygen atoms in total. The van der Waals surface area contributed by atoms with Crippen molar-refractivity contribution in [2.75, 3.05) is 12.4 Å². The highest BCUT2D eigenvalue weighted by Crippen LogP contribution is 2.26. The Hall–Kier alpha value is -3.90. The Labute approximate surface area is 168 Å². The van der Waals surface area contributed by atoms with Gasteiger partial charge in [-0.15, -0.1) is 0 Å². The van der Waals surface area contributed by atoms with Crippen LogP contribution in [0.25, 0.3) is 5.57 Å². The van der Waals surface area contributed by atoms with Crippen LogP contribution >= 0.6 is 0 Å². The van der Waals surface area contributed by atoms with Crippen molar-refractivity contribution in [3.05, 3.63) is 102 Å². The molecule has 0 heterocycles. The summed E-state index contributed by atoms with van der Waals surface area (Å²) in [6.07, 6.45) is 1.31. The number of ether oxygens (including phenoxy) is 1. The van der Waals surface area contributed by atoms with Gasteiger partial charge in [0.1, 0.15) is 5.75 Å². The third kappa shape index (κ3) is 5.09. The molecule has 0 aliphatic heterocycles. The molecule has 0 bridgehead atoms. The van der Waals surface area contributed by atoms with E-state index in [0.717, 1.165) is 5.56 Å². The van der Waals surface area contributed by atoms with E-state index in [1.807, 2.05) is 36.4 Å². The Bertz CT molecular complexity index is 1030. The molecule has 0 fully saturated rings. The molecule has 2 amide bonds. The third-order valence-electron chi connectivity index (χ3n) is 4.25. The number of nitrogens with one attached hydrogen (secondary N) is 2. The van der Waals surface area contributed by atoms with Crippen LogP contribution in [0.2, 0.25) is 0 Å². The average Bonchev–Trinajstić information content (AvgIpc) is 2.78. The van der Waals surface area contributed by atoms with Crippen molar-refractivity contribution in [1.82, 2.24) is 5.48 Å². The van der Waals surface area contributed by atoms with Gasteiger partial charge in [-0.25, -0.2) is 5.48 Å². The molecule has 3 aromatic carbocycles. The fourth-order valence-electron chi connectivity index (χ4n) is 2.82. The number of rotatable bonds is 6. The summed E-state index contributed by atoms with van der Waals surface area (Å²) in [5.41, 5.74) is 4.82. The number of hydrogen-bond acceptors (Lipinski definition) is 4. The Morgan fingerprint density at radius 2 is 1.55 bits per heavy atom. The van der Waals surface area contributed by atoms with Gasteiger partial charge in [0.05, 0.1) is 7.11 Å². The summed E-state index contributed by atoms with van der Waals surface area (Å²) in [4.78, 5) is 24.3. The first kappa shape index (κ1) is 19.9. The van der Waals surface area contributed by atoms with Crippen LogP contribution < -0.4 is 15.5 Å². The molecule has 0 aliphatic rings. The van der Waals surface area contributed by atoms with E-state index in [9.17, 15) is 9.59 Å². The zero-order valence-electron chi connectivity index (χ0n) is 15.8. The molecule has 146 valence electrons. The summed E-state index contributed by atoms with van der Waals surface area (Å²) < 4.78 is 5.10. The van der Waals surface area contributed by atoms with E-state index in [0.29, 0.717) is 28.1 Å². The minimum absolute atomic E-state index is 0.261. The molecular weight excluding hydrogens is 368 g/mol. The molecular formula is C23H20N2O4. The highest BCUT2D eigenvalue weighted by molar-refractivity contribution is 6.05. The van der Waals surface area contributed by atoms with E-state index in [1.165, 1.54) is 6.08 Å². The lowest BCUT2D eigenvalue weighted by Crippen LogP contribution is -2.16. The van der Waals surface area contributed by atoms with Gasteiger partial charge < -0.3 is 10.1 Å². The fraction of sp³-hybridized carbons (Fsp3) is 0.0435. The maximum Gasteiger partial charge on any atom is 0.267 e. The Morgan fingerprint density at radius 1 is 0.862 bits per heavy atom. The lowest BCUT2D eigenvalue weighted by molar-refractivity contribution is -0.124. The van der Waals surface area contributed by atoms with E-state index >= 15 is 0 Å². The molecule has 29 heavy (non-hydrogen) atoms. The maximum absolute atomic E-state index is 12.5. The van der Waals surface area contributed by atoms with Gasteiger partial charge in [-0.3, -0.25) is 14.8 Å². The number of anilines is 1. The van der Waals surface area contributed by atoms with Crippen LogP contribution in [0.3, 0.4) is 0 Å². The minimum Gasteiger partial charge on any atom is -0.497 e. The number of methoxy groups -OCH3 is 1. The molecule has 0 saturated heterocycles. The van der Waals surface area contributed by atoms with Crippen LogP contribution in [0, 0.1) is 0 Å². The first-order valence-corrected chi connectivity index (χ1v) is 8.87. The number of carbonyl (C=O) groups is 2. The second-order valence-electron chi connectivity index (χ2n) is 6.16. The van der Waals surface area contributed by atoms with Gasteiger partial charge in [0.15, 0.2) is 0 Å². The fourth-order valence-corrected chi connectivity index (χ4v) is 2.82. The molecule has 0 spiro atoms. The van der Waals surface area contributed by atoms with Crippen LogP contribution in [0.4, 0.5) is 5.69 Å². The van der Waals surface area contributed by atoms with Gasteiger partial charge in [0, 0.05) is 17.3 Å². The predicted molar refractivity (Wildman–Crippen MR) is 111 cm³/mol. The number of hydrogen-bond donors (Lipinski definition) is 3. The highest BCUT2D eigenvalue weighted by Gasteiger charge is 2.11. The molecule has 3 rings (SSSR count). The van der Waals surface area contributed by atoms with Crippen LogP contribution in [0.15, 0.2) is 84.9 Å². The topological polar surface area (TPSA) is 87.7 Å². The second kappa shape index (κ2) is 9.34. The molecule has 0 radical (unpaired) electrons. The molecule has 0 aliphatic carbocycles. The van der Waals surface area contributed by atoms with E-state index in [-0.39, 0.29) is 5.91 Å². The van der Waals surface area contributed by atoms with E-state index in [1.54, 1.807) is 55.1 Å². The molecule has 0 unspecified atom stereocenters. The zero-order chi connectivity index (χ0) is 20.6. The Morgan fingerprint density at radius 3 is 2.21 bits per heavy atom. The lowest BCUT2D eigenvalue weighted by atomic mass is 9.97. The number of hydroxylamine groups is 1. The monoisotopic (exact) mass is 388 g/mol. The predicted octanol–water partition coefficient (Wildman–Crippen LogP) is 3.88. The Balaban J connectivity index is 1.89. The number of benzene rings is 3. The van der Waals surface area contributed by atoms with Gasteiger partial charge in [-0.2, -0.15) is 0 Å². The quantitative estimate of drug-likeness (QED) is 0.340. The summed E-state index contributed by atoms with van der Waals surface area (Å²) in [5.74, 6) is -0.233. The SMILES string of the molecule is COc1ccc(C(=O)Nc2cccc(/C(=C\C(=O)NO)c3ccccc3)c2)cc1. The first-order valence-electron chi connectivity index (χ1n) is 8.87. The highest BCUT2D eigenvalue weighted by atomic mass is 16.5. The zero-order valence-corrected chi connectivity index (χ0v) is 15.8. The van der Waals surface area contributed by atoms with Gasteiger partial charge in [-0.1, -0.05) is 42.5 Å². The van der Waals surface area contributed by atoms with E-state index in [4.69, 9.17) is 9.94 Å². The average molecular weight is 388 g/mol. The molecule has 3 N–H and O–H groups in total. The first-order chi connectivity index (χ1) is 14.1. The summed E-state index contributed by atoms with van der Waals surface area (Å²) >= 11 is 0. The molecule has 3 aromatic rings. The third-order valence-corrected chi connectivity index (χ3v) is 4.25.